The number of hydrogen-bond acceptors (Lipinski definition) is 6. The van der Waals surface area contributed by atoms with Crippen LogP contribution in [0.15, 0.2) is 12.3 Å². The minimum absolute atomic E-state index is 0.169. The quantitative estimate of drug-likeness (QED) is 0.488. The Balaban J connectivity index is 3.23. The van der Waals surface area contributed by atoms with E-state index in [4.69, 9.17) is 15.7 Å². The van der Waals surface area contributed by atoms with Crippen LogP contribution in [0.2, 0.25) is 0 Å². The summed E-state index contributed by atoms with van der Waals surface area (Å²) in [4.78, 5) is 3.37. The van der Waals surface area contributed by atoms with Crippen LogP contribution in [0.4, 0.5) is 5.82 Å². The molecule has 72 valence electrons. The normalized spacial score (nSPS) is 11.2. The third kappa shape index (κ3) is 2.42. The first kappa shape index (κ1) is 9.48. The Morgan fingerprint density at radius 2 is 2.31 bits per heavy atom. The highest BCUT2D eigenvalue weighted by Gasteiger charge is 2.09. The lowest BCUT2D eigenvalue weighted by Crippen LogP contribution is -2.33. The summed E-state index contributed by atoms with van der Waals surface area (Å²) in [7, 11) is -4.70. The molecule has 0 saturated heterocycles. The molecular formula is C4H6N4O4S. The van der Waals surface area contributed by atoms with E-state index in [9.17, 15) is 8.42 Å². The Morgan fingerprint density at radius 3 is 2.77 bits per heavy atom. The summed E-state index contributed by atoms with van der Waals surface area (Å²) in [5.74, 6) is -0.169. The molecule has 0 aliphatic rings. The Morgan fingerprint density at radius 1 is 1.69 bits per heavy atom. The summed E-state index contributed by atoms with van der Waals surface area (Å²) in [6.45, 7) is 0. The number of aromatic nitrogens is 2. The molecule has 4 N–H and O–H groups in total. The number of hydrogen-bond donors (Lipinski definition) is 3. The number of nitrogens with zero attached hydrogens (tertiary/aromatic N) is 2. The van der Waals surface area contributed by atoms with E-state index in [0.717, 1.165) is 0 Å². The van der Waals surface area contributed by atoms with Gasteiger partial charge >= 0.3 is 10.4 Å². The van der Waals surface area contributed by atoms with Gasteiger partial charge in [-0.3, -0.25) is 14.2 Å². The van der Waals surface area contributed by atoms with Gasteiger partial charge in [-0.05, 0) is 0 Å². The molecule has 0 aliphatic heterocycles. The summed E-state index contributed by atoms with van der Waals surface area (Å²) < 4.78 is 33.1. The van der Waals surface area contributed by atoms with Gasteiger partial charge in [0.15, 0.2) is 0 Å². The number of nitrogens with two attached hydrogens (primary N) is 1. The molecule has 1 heterocycles. The monoisotopic (exact) mass is 206 g/mol. The zero-order chi connectivity index (χ0) is 10.1. The number of nitrogen functional groups attached to an aromatic ring is 1. The van der Waals surface area contributed by atoms with Crippen molar-refractivity contribution in [2.24, 2.45) is 0 Å². The zero-order valence-corrected chi connectivity index (χ0v) is 7.02. The van der Waals surface area contributed by atoms with E-state index in [2.05, 4.69) is 9.27 Å². The van der Waals surface area contributed by atoms with Crippen molar-refractivity contribution in [3.63, 3.8) is 0 Å². The molecule has 0 fully saturated rings. The van der Waals surface area contributed by atoms with Crippen molar-refractivity contribution < 1.29 is 17.3 Å². The van der Waals surface area contributed by atoms with Gasteiger partial charge in [0.25, 0.3) is 5.62 Å². The molecule has 0 bridgehead atoms. The second kappa shape index (κ2) is 3.03. The van der Waals surface area contributed by atoms with Crippen molar-refractivity contribution in [1.82, 2.24) is 9.71 Å². The summed E-state index contributed by atoms with van der Waals surface area (Å²) in [6.07, 6.45) is 1.20. The number of rotatable bonds is 2. The van der Waals surface area contributed by atoms with Crippen LogP contribution in [0.5, 0.6) is 0 Å². The maximum absolute atomic E-state index is 10.3. The molecule has 0 radical (unpaired) electrons. The van der Waals surface area contributed by atoms with Gasteiger partial charge < -0.3 is 5.73 Å². The van der Waals surface area contributed by atoms with E-state index in [1.54, 1.807) is 0 Å². The van der Waals surface area contributed by atoms with Gasteiger partial charge in [0.2, 0.25) is 0 Å². The predicted molar refractivity (Wildman–Crippen MR) is 40.6 cm³/mol. The molecule has 0 amide bonds. The Hall–Kier alpha value is -1.61. The van der Waals surface area contributed by atoms with Gasteiger partial charge in [-0.25, -0.2) is 4.98 Å². The molecule has 1 rings (SSSR count). The second-order valence-corrected chi connectivity index (χ2v) is 2.99. The largest absolute Gasteiger partial charge is 0.465 e. The number of anilines is 1. The highest BCUT2D eigenvalue weighted by atomic mass is 32.3. The first-order chi connectivity index (χ1) is 5.90. The summed E-state index contributed by atoms with van der Waals surface area (Å²) in [5.41, 5.74) is 4.69. The topological polar surface area (TPSA) is 131 Å². The van der Waals surface area contributed by atoms with Gasteiger partial charge in [-0.2, -0.15) is 8.42 Å². The van der Waals surface area contributed by atoms with Gasteiger partial charge in [0, 0.05) is 12.3 Å². The van der Waals surface area contributed by atoms with E-state index < -0.39 is 16.0 Å². The molecule has 0 aromatic carbocycles. The molecule has 0 atom stereocenters. The second-order valence-electron chi connectivity index (χ2n) is 1.99. The van der Waals surface area contributed by atoms with Crippen LogP contribution in [-0.2, 0) is 10.4 Å². The minimum Gasteiger partial charge on any atom is -0.382 e. The van der Waals surface area contributed by atoms with Crippen LogP contribution >= 0.6 is 0 Å². The van der Waals surface area contributed by atoms with Gasteiger partial charge in [0.1, 0.15) is 5.82 Å². The van der Waals surface area contributed by atoms with Crippen molar-refractivity contribution in [2.45, 2.75) is 0 Å². The average molecular weight is 206 g/mol. The smallest absolute Gasteiger partial charge is 0.382 e. The first-order valence-corrected chi connectivity index (χ1v) is 4.32. The van der Waals surface area contributed by atoms with E-state index in [1.807, 2.05) is 0 Å². The van der Waals surface area contributed by atoms with E-state index in [-0.39, 0.29) is 5.82 Å². The lowest BCUT2D eigenvalue weighted by Gasteiger charge is -2.05. The molecule has 0 spiro atoms. The van der Waals surface area contributed by atoms with Gasteiger partial charge in [-0.1, -0.05) is 0 Å². The lowest BCUT2D eigenvalue weighted by atomic mass is 10.6. The standard InChI is InChI=1S/C4H6N4O4S/c5-3-1-2-7-4(6)8(3)12-13(9,10)11/h1-2,6H,5H2,(H,9,10,11). The maximum atomic E-state index is 10.3. The molecule has 8 nitrogen and oxygen atoms in total. The Labute approximate surface area is 73.0 Å². The molecule has 13 heavy (non-hydrogen) atoms. The van der Waals surface area contributed by atoms with Crippen molar-refractivity contribution in [3.8, 4) is 0 Å². The summed E-state index contributed by atoms with van der Waals surface area (Å²) >= 11 is 0. The highest BCUT2D eigenvalue weighted by molar-refractivity contribution is 7.81. The van der Waals surface area contributed by atoms with Gasteiger partial charge in [0.05, 0.1) is 0 Å². The van der Waals surface area contributed by atoms with E-state index in [0.29, 0.717) is 4.73 Å². The molecule has 0 saturated carbocycles. The predicted octanol–water partition coefficient (Wildman–Crippen LogP) is -1.82. The fraction of sp³-hybridized carbons (Fsp3) is 0. The molecule has 1 aromatic heterocycles. The lowest BCUT2D eigenvalue weighted by molar-refractivity contribution is 0.226. The van der Waals surface area contributed by atoms with E-state index >= 15 is 0 Å². The SMILES string of the molecule is N=c1nccc(N)n1OS(=O)(=O)O. The minimum atomic E-state index is -4.70. The average Bonchev–Trinajstić information content (AvgIpc) is 1.95. The molecule has 0 aliphatic carbocycles. The van der Waals surface area contributed by atoms with Crippen LogP contribution in [0, 0.1) is 5.41 Å². The van der Waals surface area contributed by atoms with Crippen LogP contribution in [0.1, 0.15) is 0 Å². The molecular weight excluding hydrogens is 200 g/mol. The van der Waals surface area contributed by atoms with Gasteiger partial charge in [-0.15, -0.1) is 4.73 Å². The third-order valence-electron chi connectivity index (χ3n) is 1.04. The van der Waals surface area contributed by atoms with Crippen LogP contribution in [-0.4, -0.2) is 22.7 Å². The van der Waals surface area contributed by atoms with Crippen LogP contribution < -0.4 is 15.6 Å². The summed E-state index contributed by atoms with van der Waals surface area (Å²) in [6, 6.07) is 1.21. The van der Waals surface area contributed by atoms with Crippen molar-refractivity contribution in [1.29, 1.82) is 5.41 Å². The fourth-order valence-electron chi connectivity index (χ4n) is 0.599. The Bertz CT molecular complexity index is 463. The summed E-state index contributed by atoms with van der Waals surface area (Å²) in [5, 5.41) is 7.06. The zero-order valence-electron chi connectivity index (χ0n) is 6.21. The third-order valence-corrected chi connectivity index (χ3v) is 1.38. The molecule has 1 aromatic rings. The molecule has 0 unspecified atom stereocenters. The highest BCUT2D eigenvalue weighted by Crippen LogP contribution is 1.93. The van der Waals surface area contributed by atoms with Crippen molar-refractivity contribution >= 4 is 16.2 Å². The first-order valence-electron chi connectivity index (χ1n) is 2.95. The maximum Gasteiger partial charge on any atom is 0.465 e. The number of nitrogens with one attached hydrogen (secondary N) is 1. The van der Waals surface area contributed by atoms with Crippen molar-refractivity contribution in [2.75, 3.05) is 5.73 Å². The van der Waals surface area contributed by atoms with Crippen LogP contribution in [0.3, 0.4) is 0 Å². The fourth-order valence-corrected chi connectivity index (χ4v) is 0.944. The van der Waals surface area contributed by atoms with Crippen LogP contribution in [0.25, 0.3) is 0 Å². The molecule has 9 heteroatoms. The Kier molecular flexibility index (Phi) is 2.21. The van der Waals surface area contributed by atoms with E-state index in [1.165, 1.54) is 12.3 Å². The van der Waals surface area contributed by atoms with Crippen molar-refractivity contribution in [3.05, 3.63) is 17.9 Å².